The van der Waals surface area contributed by atoms with Crippen LogP contribution < -0.4 is 14.8 Å². The normalized spacial score (nSPS) is 13.0. The van der Waals surface area contributed by atoms with Gasteiger partial charge in [-0.15, -0.1) is 0 Å². The van der Waals surface area contributed by atoms with Gasteiger partial charge in [0, 0.05) is 23.6 Å². The second kappa shape index (κ2) is 6.28. The molecule has 0 fully saturated rings. The number of hydrogen-bond donors (Lipinski definition) is 2. The van der Waals surface area contributed by atoms with Gasteiger partial charge in [0.15, 0.2) is 11.5 Å². The van der Waals surface area contributed by atoms with Crippen LogP contribution in [0.15, 0.2) is 48.7 Å². The molecule has 0 spiro atoms. The smallest absolute Gasteiger partial charge is 0.255 e. The van der Waals surface area contributed by atoms with Crippen molar-refractivity contribution in [3.8, 4) is 11.5 Å². The number of carbonyl (C=O) groups is 1. The van der Waals surface area contributed by atoms with E-state index in [2.05, 4.69) is 16.4 Å². The zero-order valence-electron chi connectivity index (χ0n) is 13.2. The zero-order valence-corrected chi connectivity index (χ0v) is 13.2. The number of aromatic amines is 1. The average molecular weight is 322 g/mol. The third kappa shape index (κ3) is 2.69. The number of H-pyrrole nitrogens is 1. The summed E-state index contributed by atoms with van der Waals surface area (Å²) in [4.78, 5) is 15.7. The first-order valence-corrected chi connectivity index (χ1v) is 8.05. The molecule has 0 saturated heterocycles. The van der Waals surface area contributed by atoms with Crippen LogP contribution in [-0.4, -0.2) is 30.6 Å². The number of nitrogens with one attached hydrogen (secondary N) is 2. The Balaban J connectivity index is 1.44. The molecule has 1 amide bonds. The summed E-state index contributed by atoms with van der Waals surface area (Å²) in [5.41, 5.74) is 2.83. The van der Waals surface area contributed by atoms with Crippen LogP contribution in [0.2, 0.25) is 0 Å². The molecule has 2 N–H and O–H groups in total. The standard InChI is InChI=1S/C19H18N2O3/c22-19(15-5-3-7-17-18(15)24-11-10-23-17)20-9-8-13-12-21-16-6-2-1-4-14(13)16/h1-7,12,21H,8-11H2,(H,20,22). The highest BCUT2D eigenvalue weighted by molar-refractivity contribution is 5.97. The topological polar surface area (TPSA) is 63.4 Å². The van der Waals surface area contributed by atoms with Crippen LogP contribution in [0.25, 0.3) is 10.9 Å². The number of rotatable bonds is 4. The van der Waals surface area contributed by atoms with Crippen LogP contribution in [0.3, 0.4) is 0 Å². The second-order valence-electron chi connectivity index (χ2n) is 5.70. The molecule has 1 aliphatic heterocycles. The minimum Gasteiger partial charge on any atom is -0.486 e. The van der Waals surface area contributed by atoms with E-state index >= 15 is 0 Å². The predicted molar refractivity (Wildman–Crippen MR) is 91.8 cm³/mol. The van der Waals surface area contributed by atoms with E-state index in [1.165, 1.54) is 10.9 Å². The number of amides is 1. The van der Waals surface area contributed by atoms with E-state index in [0.717, 1.165) is 11.9 Å². The Morgan fingerprint density at radius 3 is 2.92 bits per heavy atom. The van der Waals surface area contributed by atoms with Gasteiger partial charge in [0.2, 0.25) is 0 Å². The number of ether oxygens (including phenoxy) is 2. The Labute approximate surface area is 139 Å². The molecule has 0 saturated carbocycles. The van der Waals surface area contributed by atoms with E-state index in [-0.39, 0.29) is 5.91 Å². The van der Waals surface area contributed by atoms with Crippen LogP contribution in [-0.2, 0) is 6.42 Å². The Hall–Kier alpha value is -2.95. The SMILES string of the molecule is O=C(NCCc1c[nH]c2ccccc12)c1cccc2c1OCCO2. The summed E-state index contributed by atoms with van der Waals surface area (Å²) in [6.45, 7) is 1.54. The van der Waals surface area contributed by atoms with Crippen LogP contribution in [0.1, 0.15) is 15.9 Å². The number of carbonyl (C=O) groups excluding carboxylic acids is 1. The highest BCUT2D eigenvalue weighted by atomic mass is 16.6. The molecule has 3 aromatic rings. The van der Waals surface area contributed by atoms with E-state index in [9.17, 15) is 4.79 Å². The number of hydrogen-bond acceptors (Lipinski definition) is 3. The van der Waals surface area contributed by atoms with Crippen LogP contribution in [0.5, 0.6) is 11.5 Å². The van der Waals surface area contributed by atoms with E-state index in [0.29, 0.717) is 36.8 Å². The fourth-order valence-electron chi connectivity index (χ4n) is 3.00. The van der Waals surface area contributed by atoms with Gasteiger partial charge in [-0.3, -0.25) is 4.79 Å². The first kappa shape index (κ1) is 14.6. The number of fused-ring (bicyclic) bond motifs is 2. The van der Waals surface area contributed by atoms with Gasteiger partial charge in [-0.2, -0.15) is 0 Å². The first-order chi connectivity index (χ1) is 11.8. The van der Waals surface area contributed by atoms with Gasteiger partial charge in [-0.05, 0) is 30.2 Å². The number of para-hydroxylation sites is 2. The lowest BCUT2D eigenvalue weighted by atomic mass is 10.1. The lowest BCUT2D eigenvalue weighted by molar-refractivity contribution is 0.0943. The fourth-order valence-corrected chi connectivity index (χ4v) is 3.00. The Kier molecular flexibility index (Phi) is 3.83. The lowest BCUT2D eigenvalue weighted by Crippen LogP contribution is -2.27. The van der Waals surface area contributed by atoms with Crippen molar-refractivity contribution in [2.24, 2.45) is 0 Å². The maximum absolute atomic E-state index is 12.5. The molecule has 24 heavy (non-hydrogen) atoms. The van der Waals surface area contributed by atoms with Gasteiger partial charge in [0.1, 0.15) is 13.2 Å². The van der Waals surface area contributed by atoms with Crippen molar-refractivity contribution >= 4 is 16.8 Å². The predicted octanol–water partition coefficient (Wildman–Crippen LogP) is 2.91. The second-order valence-corrected chi connectivity index (χ2v) is 5.70. The van der Waals surface area contributed by atoms with Crippen molar-refractivity contribution in [2.75, 3.05) is 19.8 Å². The molecule has 5 heteroatoms. The minimum absolute atomic E-state index is 0.141. The molecule has 0 unspecified atom stereocenters. The van der Waals surface area contributed by atoms with Crippen molar-refractivity contribution in [1.29, 1.82) is 0 Å². The molecule has 2 aromatic carbocycles. The molecule has 0 atom stereocenters. The summed E-state index contributed by atoms with van der Waals surface area (Å²) in [5, 5.41) is 4.16. The number of benzene rings is 2. The van der Waals surface area contributed by atoms with Crippen molar-refractivity contribution in [3.05, 3.63) is 59.8 Å². The van der Waals surface area contributed by atoms with Crippen LogP contribution >= 0.6 is 0 Å². The molecule has 2 heterocycles. The highest BCUT2D eigenvalue weighted by Crippen LogP contribution is 2.33. The third-order valence-corrected chi connectivity index (χ3v) is 4.17. The average Bonchev–Trinajstić information content (AvgIpc) is 3.04. The van der Waals surface area contributed by atoms with Crippen molar-refractivity contribution < 1.29 is 14.3 Å². The summed E-state index contributed by atoms with van der Waals surface area (Å²) in [7, 11) is 0. The summed E-state index contributed by atoms with van der Waals surface area (Å²) in [6.07, 6.45) is 2.76. The maximum Gasteiger partial charge on any atom is 0.255 e. The quantitative estimate of drug-likeness (QED) is 0.776. The van der Waals surface area contributed by atoms with Crippen LogP contribution in [0, 0.1) is 0 Å². The summed E-state index contributed by atoms with van der Waals surface area (Å²) < 4.78 is 11.1. The molecule has 5 nitrogen and oxygen atoms in total. The minimum atomic E-state index is -0.141. The highest BCUT2D eigenvalue weighted by Gasteiger charge is 2.20. The maximum atomic E-state index is 12.5. The van der Waals surface area contributed by atoms with E-state index in [1.54, 1.807) is 6.07 Å². The Morgan fingerprint density at radius 2 is 1.96 bits per heavy atom. The third-order valence-electron chi connectivity index (χ3n) is 4.17. The van der Waals surface area contributed by atoms with Crippen molar-refractivity contribution in [3.63, 3.8) is 0 Å². The molecule has 122 valence electrons. The monoisotopic (exact) mass is 322 g/mol. The molecule has 0 bridgehead atoms. The van der Waals surface area contributed by atoms with Gasteiger partial charge in [-0.25, -0.2) is 0 Å². The Bertz CT molecular complexity index is 885. The van der Waals surface area contributed by atoms with Crippen molar-refractivity contribution in [1.82, 2.24) is 10.3 Å². The number of aromatic nitrogens is 1. The van der Waals surface area contributed by atoms with E-state index < -0.39 is 0 Å². The molecular weight excluding hydrogens is 304 g/mol. The Morgan fingerprint density at radius 1 is 1.08 bits per heavy atom. The van der Waals surface area contributed by atoms with Gasteiger partial charge >= 0.3 is 0 Å². The van der Waals surface area contributed by atoms with Crippen LogP contribution in [0.4, 0.5) is 0 Å². The summed E-state index contributed by atoms with van der Waals surface area (Å²) in [5.74, 6) is 1.02. The van der Waals surface area contributed by atoms with E-state index in [4.69, 9.17) is 9.47 Å². The molecule has 0 aliphatic carbocycles. The van der Waals surface area contributed by atoms with Crippen molar-refractivity contribution in [2.45, 2.75) is 6.42 Å². The van der Waals surface area contributed by atoms with Gasteiger partial charge in [0.25, 0.3) is 5.91 Å². The summed E-state index contributed by atoms with van der Waals surface area (Å²) >= 11 is 0. The molecule has 0 radical (unpaired) electrons. The van der Waals surface area contributed by atoms with Gasteiger partial charge < -0.3 is 19.8 Å². The summed E-state index contributed by atoms with van der Waals surface area (Å²) in [6, 6.07) is 13.5. The van der Waals surface area contributed by atoms with Gasteiger partial charge in [-0.1, -0.05) is 24.3 Å². The fraction of sp³-hybridized carbons (Fsp3) is 0.211. The lowest BCUT2D eigenvalue weighted by Gasteiger charge is -2.20. The zero-order chi connectivity index (χ0) is 16.4. The largest absolute Gasteiger partial charge is 0.486 e. The first-order valence-electron chi connectivity index (χ1n) is 8.05. The molecule has 1 aliphatic rings. The molecular formula is C19H18N2O3. The van der Waals surface area contributed by atoms with E-state index in [1.807, 2.05) is 36.5 Å². The molecule has 1 aromatic heterocycles. The molecule has 4 rings (SSSR count). The van der Waals surface area contributed by atoms with Gasteiger partial charge in [0.05, 0.1) is 5.56 Å².